The number of nitrogens with zero attached hydrogens (tertiary/aromatic N) is 1. The van der Waals surface area contributed by atoms with Crippen LogP contribution in [-0.2, 0) is 19.4 Å². The Morgan fingerprint density at radius 2 is 2.00 bits per heavy atom. The van der Waals surface area contributed by atoms with Crippen LogP contribution in [0.2, 0.25) is 0 Å². The van der Waals surface area contributed by atoms with E-state index in [1.54, 1.807) is 0 Å². The van der Waals surface area contributed by atoms with Gasteiger partial charge in [0.05, 0.1) is 5.41 Å². The third kappa shape index (κ3) is 1.83. The van der Waals surface area contributed by atoms with Crippen molar-refractivity contribution in [3.05, 3.63) is 0 Å². The zero-order valence-corrected chi connectivity index (χ0v) is 9.54. The number of amides is 1. The number of likely N-dealkylation sites (tertiary alicyclic amines) is 1. The van der Waals surface area contributed by atoms with Crippen LogP contribution in [0.25, 0.3) is 0 Å². The van der Waals surface area contributed by atoms with Crippen molar-refractivity contribution in [2.75, 3.05) is 12.8 Å². The lowest BCUT2D eigenvalue weighted by Gasteiger charge is -2.50. The average Bonchev–Trinajstić information content (AvgIpc) is 1.98. The van der Waals surface area contributed by atoms with E-state index in [1.807, 2.05) is 0 Å². The molecule has 1 amide bonds. The molecule has 0 aromatic carbocycles. The Bertz CT molecular complexity index is 411. The molecule has 0 bridgehead atoms. The topological polar surface area (TPSA) is 91.8 Å². The maximum Gasteiger partial charge on any atom is 0.323 e. The maximum atomic E-state index is 11.5. The standard InChI is InChI=1S/C8H13NO5S/c1-8(2)6(12)9(4-5(10)11)7(8)15(3,13)14/h7H,4H2,1-3H3,(H,10,11). The summed E-state index contributed by atoms with van der Waals surface area (Å²) in [5.41, 5.74) is -1.02. The number of carbonyl (C=O) groups is 2. The van der Waals surface area contributed by atoms with Gasteiger partial charge >= 0.3 is 5.97 Å². The average molecular weight is 235 g/mol. The van der Waals surface area contributed by atoms with Crippen molar-refractivity contribution >= 4 is 21.7 Å². The van der Waals surface area contributed by atoms with E-state index in [4.69, 9.17) is 5.11 Å². The Morgan fingerprint density at radius 3 is 2.33 bits per heavy atom. The molecule has 0 aliphatic carbocycles. The second kappa shape index (κ2) is 3.19. The second-order valence-corrected chi connectivity index (χ2v) is 6.34. The molecular weight excluding hydrogens is 222 g/mol. The Labute approximate surface area is 87.8 Å². The molecule has 0 spiro atoms. The van der Waals surface area contributed by atoms with Crippen LogP contribution in [0.3, 0.4) is 0 Å². The summed E-state index contributed by atoms with van der Waals surface area (Å²) in [4.78, 5) is 22.8. The number of carboxylic acids is 1. The molecule has 7 heteroatoms. The van der Waals surface area contributed by atoms with Crippen molar-refractivity contribution in [3.63, 3.8) is 0 Å². The molecule has 1 unspecified atom stereocenters. The number of carbonyl (C=O) groups excluding carboxylic acids is 1. The first kappa shape index (κ1) is 12.0. The van der Waals surface area contributed by atoms with Gasteiger partial charge in [-0.1, -0.05) is 0 Å². The lowest BCUT2D eigenvalue weighted by Crippen LogP contribution is -2.69. The first-order chi connectivity index (χ1) is 6.58. The van der Waals surface area contributed by atoms with E-state index >= 15 is 0 Å². The number of hydrogen-bond donors (Lipinski definition) is 1. The second-order valence-electron chi connectivity index (χ2n) is 4.23. The molecule has 6 nitrogen and oxygen atoms in total. The van der Waals surface area contributed by atoms with Gasteiger partial charge < -0.3 is 10.0 Å². The molecule has 15 heavy (non-hydrogen) atoms. The van der Waals surface area contributed by atoms with Gasteiger partial charge in [0, 0.05) is 6.26 Å². The highest BCUT2D eigenvalue weighted by molar-refractivity contribution is 7.91. The van der Waals surface area contributed by atoms with Crippen LogP contribution in [0.4, 0.5) is 0 Å². The molecule has 0 radical (unpaired) electrons. The molecule has 86 valence electrons. The first-order valence-corrected chi connectivity index (χ1v) is 6.25. The summed E-state index contributed by atoms with van der Waals surface area (Å²) in [6.45, 7) is 2.43. The highest BCUT2D eigenvalue weighted by Crippen LogP contribution is 2.40. The van der Waals surface area contributed by atoms with Crippen LogP contribution in [0.5, 0.6) is 0 Å². The summed E-state index contributed by atoms with van der Waals surface area (Å²) in [6.07, 6.45) is 1.00. The fourth-order valence-electron chi connectivity index (χ4n) is 1.97. The van der Waals surface area contributed by atoms with E-state index in [1.165, 1.54) is 13.8 Å². The van der Waals surface area contributed by atoms with Gasteiger partial charge in [-0.05, 0) is 13.8 Å². The number of sulfone groups is 1. The summed E-state index contributed by atoms with van der Waals surface area (Å²) < 4.78 is 22.8. The van der Waals surface area contributed by atoms with Gasteiger partial charge in [-0.2, -0.15) is 0 Å². The number of hydrogen-bond acceptors (Lipinski definition) is 4. The zero-order valence-electron chi connectivity index (χ0n) is 8.72. The lowest BCUT2D eigenvalue weighted by molar-refractivity contribution is -0.165. The third-order valence-electron chi connectivity index (χ3n) is 2.42. The van der Waals surface area contributed by atoms with E-state index in [0.29, 0.717) is 0 Å². The number of rotatable bonds is 3. The molecule has 1 rings (SSSR count). The lowest BCUT2D eigenvalue weighted by atomic mass is 9.82. The summed E-state index contributed by atoms with van der Waals surface area (Å²) in [6, 6.07) is 0. The van der Waals surface area contributed by atoms with Gasteiger partial charge in [0.1, 0.15) is 11.9 Å². The molecule has 1 aliphatic rings. The molecule has 1 saturated heterocycles. The Hall–Kier alpha value is -1.11. The molecular formula is C8H13NO5S. The van der Waals surface area contributed by atoms with Crippen molar-refractivity contribution < 1.29 is 23.1 Å². The number of aliphatic carboxylic acids is 1. The van der Waals surface area contributed by atoms with Gasteiger partial charge in [0.15, 0.2) is 9.84 Å². The van der Waals surface area contributed by atoms with Crippen molar-refractivity contribution in [2.24, 2.45) is 5.41 Å². The van der Waals surface area contributed by atoms with Gasteiger partial charge in [-0.3, -0.25) is 9.59 Å². The Kier molecular flexibility index (Phi) is 2.55. The normalized spacial score (nSPS) is 24.9. The molecule has 1 N–H and O–H groups in total. The molecule has 0 aromatic rings. The Morgan fingerprint density at radius 1 is 1.53 bits per heavy atom. The molecule has 1 heterocycles. The largest absolute Gasteiger partial charge is 0.480 e. The van der Waals surface area contributed by atoms with Gasteiger partial charge in [-0.15, -0.1) is 0 Å². The predicted molar refractivity (Wildman–Crippen MR) is 51.8 cm³/mol. The van der Waals surface area contributed by atoms with E-state index in [9.17, 15) is 18.0 Å². The van der Waals surface area contributed by atoms with Crippen LogP contribution in [0.1, 0.15) is 13.8 Å². The SMILES string of the molecule is CC1(C)C(=O)N(CC(=O)O)C1S(C)(=O)=O. The summed E-state index contributed by atoms with van der Waals surface area (Å²) in [7, 11) is -3.46. The molecule has 1 aliphatic heterocycles. The highest BCUT2D eigenvalue weighted by atomic mass is 32.2. The quantitative estimate of drug-likeness (QED) is 0.654. The fourth-order valence-corrected chi connectivity index (χ4v) is 3.78. The van der Waals surface area contributed by atoms with Gasteiger partial charge in [-0.25, -0.2) is 8.42 Å². The van der Waals surface area contributed by atoms with Crippen LogP contribution < -0.4 is 0 Å². The molecule has 1 fully saturated rings. The zero-order chi connectivity index (χ0) is 12.0. The minimum Gasteiger partial charge on any atom is -0.480 e. The minimum absolute atomic E-state index is 0.444. The number of carboxylic acid groups (broad SMARTS) is 1. The van der Waals surface area contributed by atoms with Crippen LogP contribution in [0, 0.1) is 5.41 Å². The Balaban J connectivity index is 3.01. The fraction of sp³-hybridized carbons (Fsp3) is 0.750. The van der Waals surface area contributed by atoms with Crippen molar-refractivity contribution in [3.8, 4) is 0 Å². The van der Waals surface area contributed by atoms with E-state index < -0.39 is 39.0 Å². The predicted octanol–water partition coefficient (Wildman–Crippen LogP) is -0.690. The first-order valence-electron chi connectivity index (χ1n) is 4.30. The number of β-lactam (4-membered cyclic amide) rings is 1. The van der Waals surface area contributed by atoms with Crippen molar-refractivity contribution in [1.29, 1.82) is 0 Å². The van der Waals surface area contributed by atoms with E-state index in [2.05, 4.69) is 0 Å². The maximum absolute atomic E-state index is 11.5. The van der Waals surface area contributed by atoms with Crippen LogP contribution in [-0.4, -0.2) is 48.5 Å². The van der Waals surface area contributed by atoms with E-state index in [0.717, 1.165) is 11.2 Å². The summed E-state index contributed by atoms with van der Waals surface area (Å²) in [5.74, 6) is -1.66. The smallest absolute Gasteiger partial charge is 0.323 e. The third-order valence-corrected chi connectivity index (χ3v) is 4.08. The minimum atomic E-state index is -3.46. The van der Waals surface area contributed by atoms with Crippen molar-refractivity contribution in [1.82, 2.24) is 4.90 Å². The monoisotopic (exact) mass is 235 g/mol. The molecule has 1 atom stereocenters. The summed E-state index contributed by atoms with van der Waals surface area (Å²) >= 11 is 0. The van der Waals surface area contributed by atoms with Gasteiger partial charge in [0.2, 0.25) is 5.91 Å². The van der Waals surface area contributed by atoms with Crippen molar-refractivity contribution in [2.45, 2.75) is 19.2 Å². The van der Waals surface area contributed by atoms with Crippen LogP contribution in [0.15, 0.2) is 0 Å². The molecule has 0 aromatic heterocycles. The highest BCUT2D eigenvalue weighted by Gasteiger charge is 2.59. The van der Waals surface area contributed by atoms with Crippen LogP contribution >= 0.6 is 0 Å². The van der Waals surface area contributed by atoms with E-state index in [-0.39, 0.29) is 0 Å². The van der Waals surface area contributed by atoms with Gasteiger partial charge in [0.25, 0.3) is 0 Å². The summed E-state index contributed by atoms with van der Waals surface area (Å²) in [5, 5.41) is 7.50. The molecule has 0 saturated carbocycles.